The number of nitro groups is 1. The third-order valence-corrected chi connectivity index (χ3v) is 4.45. The molecular weight excluding hydrogens is 287 g/mol. The number of hydrogen-bond acceptors (Lipinski definition) is 7. The average molecular weight is 303 g/mol. The predicted octanol–water partition coefficient (Wildman–Crippen LogP) is 0.888. The van der Waals surface area contributed by atoms with Crippen LogP contribution in [-0.2, 0) is 4.74 Å². The second-order valence-corrected chi connectivity index (χ2v) is 6.44. The van der Waals surface area contributed by atoms with Crippen LogP contribution in [0.2, 0.25) is 0 Å². The molecule has 0 aromatic heterocycles. The van der Waals surface area contributed by atoms with Crippen molar-refractivity contribution in [2.24, 2.45) is 5.73 Å². The number of nitrogens with two attached hydrogens (primary N) is 1. The summed E-state index contributed by atoms with van der Waals surface area (Å²) in [5.74, 6) is 0. The number of non-ortho nitro benzene ring substituents is 1. The number of hydrogen-bond donors (Lipinski definition) is 3. The van der Waals surface area contributed by atoms with Crippen LogP contribution in [-0.4, -0.2) is 39.7 Å². The van der Waals surface area contributed by atoms with E-state index in [1.165, 1.54) is 25.3 Å². The minimum Gasteiger partial charge on any atom is -0.367 e. The van der Waals surface area contributed by atoms with Crippen LogP contribution in [0.25, 0.3) is 0 Å². The average Bonchev–Trinajstić information content (AvgIpc) is 2.44. The van der Waals surface area contributed by atoms with Crippen LogP contribution >= 0.6 is 7.72 Å². The number of rotatable bonds is 7. The highest BCUT2D eigenvalue weighted by Gasteiger charge is 2.44. The van der Waals surface area contributed by atoms with Crippen LogP contribution in [0.3, 0.4) is 0 Å². The SMILES string of the molecule is CO[C@@H](N)CC[P+](O)(O)C(=O)c1cccc([N+](=O)[O-])c1. The smallest absolute Gasteiger partial charge is 0.356 e. The number of carbonyl (C=O) groups is 1. The molecule has 9 heteroatoms. The van der Waals surface area contributed by atoms with Crippen molar-refractivity contribution in [3.63, 3.8) is 0 Å². The van der Waals surface area contributed by atoms with Gasteiger partial charge in [-0.1, -0.05) is 6.07 Å². The highest BCUT2D eigenvalue weighted by Crippen LogP contribution is 2.53. The van der Waals surface area contributed by atoms with Crippen molar-refractivity contribution in [3.8, 4) is 0 Å². The second-order valence-electron chi connectivity index (χ2n) is 4.13. The lowest BCUT2D eigenvalue weighted by Gasteiger charge is -2.13. The Labute approximate surface area is 115 Å². The molecule has 0 saturated carbocycles. The lowest BCUT2D eigenvalue weighted by molar-refractivity contribution is -0.384. The van der Waals surface area contributed by atoms with E-state index in [2.05, 4.69) is 0 Å². The first-order valence-corrected chi connectivity index (χ1v) is 7.57. The monoisotopic (exact) mass is 303 g/mol. The van der Waals surface area contributed by atoms with Gasteiger partial charge >= 0.3 is 13.2 Å². The molecule has 0 spiro atoms. The molecule has 0 bridgehead atoms. The topological polar surface area (TPSA) is 136 Å². The molecule has 20 heavy (non-hydrogen) atoms. The Morgan fingerprint density at radius 1 is 1.55 bits per heavy atom. The first-order valence-electron chi connectivity index (χ1n) is 5.69. The third-order valence-electron chi connectivity index (χ3n) is 2.66. The molecule has 0 heterocycles. The van der Waals surface area contributed by atoms with Crippen LogP contribution in [0.4, 0.5) is 5.69 Å². The summed E-state index contributed by atoms with van der Waals surface area (Å²) in [5, 5.41) is 10.6. The molecule has 0 saturated heterocycles. The molecule has 8 nitrogen and oxygen atoms in total. The Morgan fingerprint density at radius 2 is 2.20 bits per heavy atom. The molecule has 0 amide bonds. The van der Waals surface area contributed by atoms with E-state index < -0.39 is 24.4 Å². The Balaban J connectivity index is 2.87. The van der Waals surface area contributed by atoms with Gasteiger partial charge in [-0.2, -0.15) is 0 Å². The van der Waals surface area contributed by atoms with Gasteiger partial charge in [-0.3, -0.25) is 10.1 Å². The van der Waals surface area contributed by atoms with Crippen LogP contribution in [0.5, 0.6) is 0 Å². The van der Waals surface area contributed by atoms with E-state index in [1.54, 1.807) is 0 Å². The lowest BCUT2D eigenvalue weighted by Crippen LogP contribution is -2.25. The number of carbonyl (C=O) groups excluding carboxylic acids is 1. The van der Waals surface area contributed by atoms with E-state index in [0.29, 0.717) is 0 Å². The van der Waals surface area contributed by atoms with Gasteiger partial charge in [0.05, 0.1) is 10.5 Å². The summed E-state index contributed by atoms with van der Waals surface area (Å²) in [7, 11) is -2.53. The Morgan fingerprint density at radius 3 is 2.75 bits per heavy atom. The Bertz CT molecular complexity index is 507. The molecular formula is C11H16N2O6P+. The van der Waals surface area contributed by atoms with Gasteiger partial charge in [0.15, 0.2) is 0 Å². The maximum Gasteiger partial charge on any atom is 0.356 e. The zero-order valence-corrected chi connectivity index (χ0v) is 11.7. The van der Waals surface area contributed by atoms with E-state index in [9.17, 15) is 24.7 Å². The molecule has 0 fully saturated rings. The van der Waals surface area contributed by atoms with E-state index in [-0.39, 0.29) is 23.8 Å². The molecule has 1 aromatic carbocycles. The van der Waals surface area contributed by atoms with E-state index in [0.717, 1.165) is 6.07 Å². The molecule has 0 aliphatic carbocycles. The standard InChI is InChI=1S/C11H16N2O6P/c1-19-10(12)5-6-20(17,18)11(14)8-3-2-4-9(7-8)13(15)16/h2-4,7,10,17-18H,5-6,12H2,1H3/q+1/t10-/m1/s1. The van der Waals surface area contributed by atoms with E-state index in [4.69, 9.17) is 10.5 Å². The van der Waals surface area contributed by atoms with Gasteiger partial charge in [0, 0.05) is 25.7 Å². The molecule has 1 aromatic rings. The van der Waals surface area contributed by atoms with Gasteiger partial charge in [0.1, 0.15) is 12.4 Å². The number of methoxy groups -OCH3 is 1. The van der Waals surface area contributed by atoms with Crippen molar-refractivity contribution in [1.29, 1.82) is 0 Å². The fraction of sp³-hybridized carbons (Fsp3) is 0.364. The highest BCUT2D eigenvalue weighted by atomic mass is 31.2. The normalized spacial score (nSPS) is 13.0. The van der Waals surface area contributed by atoms with Crippen LogP contribution < -0.4 is 5.73 Å². The van der Waals surface area contributed by atoms with Crippen molar-refractivity contribution in [3.05, 3.63) is 39.9 Å². The minimum atomic E-state index is -3.89. The summed E-state index contributed by atoms with van der Waals surface area (Å²) in [6.07, 6.45) is -0.840. The van der Waals surface area contributed by atoms with Crippen molar-refractivity contribution >= 4 is 18.9 Å². The molecule has 110 valence electrons. The molecule has 0 radical (unpaired) electrons. The summed E-state index contributed by atoms with van der Waals surface area (Å²) >= 11 is 0. The molecule has 1 rings (SSSR count). The van der Waals surface area contributed by atoms with Gasteiger partial charge < -0.3 is 10.5 Å². The quantitative estimate of drug-likeness (QED) is 0.294. The Hall–Kier alpha value is -1.44. The second kappa shape index (κ2) is 6.83. The van der Waals surface area contributed by atoms with Crippen LogP contribution in [0.15, 0.2) is 24.3 Å². The van der Waals surface area contributed by atoms with Gasteiger partial charge in [-0.15, -0.1) is 0 Å². The third kappa shape index (κ3) is 4.29. The summed E-state index contributed by atoms with van der Waals surface area (Å²) in [4.78, 5) is 41.6. The fourth-order valence-corrected chi connectivity index (χ4v) is 2.86. The van der Waals surface area contributed by atoms with Gasteiger partial charge in [-0.05, 0) is 6.07 Å². The van der Waals surface area contributed by atoms with E-state index in [1.807, 2.05) is 0 Å². The summed E-state index contributed by atoms with van der Waals surface area (Å²) in [6, 6.07) is 4.84. The van der Waals surface area contributed by atoms with Crippen molar-refractivity contribution < 1.29 is 24.2 Å². The zero-order valence-electron chi connectivity index (χ0n) is 10.8. The molecule has 0 aliphatic heterocycles. The van der Waals surface area contributed by atoms with Crippen LogP contribution in [0.1, 0.15) is 16.8 Å². The Kier molecular flexibility index (Phi) is 5.67. The fourth-order valence-electron chi connectivity index (χ4n) is 1.49. The van der Waals surface area contributed by atoms with E-state index >= 15 is 0 Å². The maximum absolute atomic E-state index is 12.0. The molecule has 4 N–H and O–H groups in total. The maximum atomic E-state index is 12.0. The van der Waals surface area contributed by atoms with Gasteiger partial charge in [-0.25, -0.2) is 14.6 Å². The zero-order chi connectivity index (χ0) is 15.3. The van der Waals surface area contributed by atoms with Crippen LogP contribution in [0, 0.1) is 10.1 Å². The first-order chi connectivity index (χ1) is 9.27. The summed E-state index contributed by atoms with van der Waals surface area (Å²) in [5.41, 5.74) is 4.15. The number of ether oxygens (including phenoxy) is 1. The first kappa shape index (κ1) is 16.6. The van der Waals surface area contributed by atoms with Crippen molar-refractivity contribution in [2.75, 3.05) is 13.3 Å². The number of benzene rings is 1. The summed E-state index contributed by atoms with van der Waals surface area (Å²) in [6.45, 7) is 0. The summed E-state index contributed by atoms with van der Waals surface area (Å²) < 4.78 is 4.75. The highest BCUT2D eigenvalue weighted by molar-refractivity contribution is 7.81. The van der Waals surface area contributed by atoms with Crippen molar-refractivity contribution in [2.45, 2.75) is 12.6 Å². The van der Waals surface area contributed by atoms with Crippen molar-refractivity contribution in [1.82, 2.24) is 0 Å². The minimum absolute atomic E-state index is 0.0952. The number of nitro benzene ring substituents is 1. The van der Waals surface area contributed by atoms with Gasteiger partial charge in [0.2, 0.25) is 0 Å². The molecule has 0 unspecified atom stereocenters. The molecule has 1 atom stereocenters. The lowest BCUT2D eigenvalue weighted by atomic mass is 10.2. The number of nitrogens with zero attached hydrogens (tertiary/aromatic N) is 1. The van der Waals surface area contributed by atoms with Gasteiger partial charge in [0.25, 0.3) is 5.69 Å². The predicted molar refractivity (Wildman–Crippen MR) is 73.3 cm³/mol. The molecule has 0 aliphatic rings. The largest absolute Gasteiger partial charge is 0.367 e.